The van der Waals surface area contributed by atoms with Gasteiger partial charge >= 0.3 is 6.03 Å². The van der Waals surface area contributed by atoms with E-state index in [1.165, 1.54) is 0 Å². The van der Waals surface area contributed by atoms with Gasteiger partial charge in [-0.2, -0.15) is 0 Å². The maximum atomic E-state index is 12.7. The highest BCUT2D eigenvalue weighted by atomic mass is 35.5. The van der Waals surface area contributed by atoms with E-state index in [1.807, 2.05) is 36.1 Å². The second-order valence-corrected chi connectivity index (χ2v) is 6.88. The zero-order chi connectivity index (χ0) is 18.5. The van der Waals surface area contributed by atoms with Gasteiger partial charge < -0.3 is 15.1 Å². The van der Waals surface area contributed by atoms with Gasteiger partial charge in [-0.3, -0.25) is 4.79 Å². The van der Waals surface area contributed by atoms with E-state index < -0.39 is 0 Å². The maximum Gasteiger partial charge on any atom is 0.321 e. The van der Waals surface area contributed by atoms with Crippen LogP contribution in [0.2, 0.25) is 5.02 Å². The van der Waals surface area contributed by atoms with E-state index in [4.69, 9.17) is 11.6 Å². The van der Waals surface area contributed by atoms with Gasteiger partial charge in [-0.05, 0) is 43.7 Å². The number of halogens is 1. The fraction of sp³-hybridized carbons (Fsp3) is 0.300. The Morgan fingerprint density at radius 1 is 0.962 bits per heavy atom. The average molecular weight is 372 g/mol. The minimum absolute atomic E-state index is 0.0193. The zero-order valence-electron chi connectivity index (χ0n) is 14.7. The lowest BCUT2D eigenvalue weighted by molar-refractivity contribution is 0.0762. The average Bonchev–Trinajstić information content (AvgIpc) is 2.87. The van der Waals surface area contributed by atoms with Crippen molar-refractivity contribution in [1.29, 1.82) is 0 Å². The third-order valence-corrected chi connectivity index (χ3v) is 4.65. The predicted molar refractivity (Wildman–Crippen MR) is 104 cm³/mol. The Morgan fingerprint density at radius 2 is 1.69 bits per heavy atom. The second kappa shape index (κ2) is 8.23. The van der Waals surface area contributed by atoms with Crippen molar-refractivity contribution >= 4 is 29.2 Å². The fourth-order valence-electron chi connectivity index (χ4n) is 3.05. The van der Waals surface area contributed by atoms with E-state index in [2.05, 4.69) is 5.32 Å². The summed E-state index contributed by atoms with van der Waals surface area (Å²) in [6, 6.07) is 14.5. The van der Waals surface area contributed by atoms with Gasteiger partial charge in [0.1, 0.15) is 0 Å². The fourth-order valence-corrected chi connectivity index (χ4v) is 3.24. The summed E-state index contributed by atoms with van der Waals surface area (Å²) in [6.45, 7) is 4.26. The van der Waals surface area contributed by atoms with Crippen LogP contribution in [0.25, 0.3) is 0 Å². The quantitative estimate of drug-likeness (QED) is 0.866. The molecule has 1 aliphatic rings. The van der Waals surface area contributed by atoms with Gasteiger partial charge in [0.2, 0.25) is 0 Å². The van der Waals surface area contributed by atoms with Gasteiger partial charge in [-0.15, -0.1) is 0 Å². The van der Waals surface area contributed by atoms with E-state index in [1.54, 1.807) is 29.2 Å². The Labute approximate surface area is 158 Å². The molecule has 6 heteroatoms. The van der Waals surface area contributed by atoms with E-state index >= 15 is 0 Å². The number of anilines is 1. The van der Waals surface area contributed by atoms with Gasteiger partial charge in [0.15, 0.2) is 0 Å². The number of carbonyl (C=O) groups excluding carboxylic acids is 2. The first-order valence-corrected chi connectivity index (χ1v) is 9.08. The minimum atomic E-state index is -0.169. The van der Waals surface area contributed by atoms with Gasteiger partial charge in [0, 0.05) is 42.5 Å². The van der Waals surface area contributed by atoms with Crippen LogP contribution in [0.4, 0.5) is 10.5 Å². The number of nitrogens with zero attached hydrogens (tertiary/aromatic N) is 2. The van der Waals surface area contributed by atoms with Gasteiger partial charge in [-0.25, -0.2) is 4.79 Å². The summed E-state index contributed by atoms with van der Waals surface area (Å²) in [5.74, 6) is 0.0193. The Morgan fingerprint density at radius 3 is 2.46 bits per heavy atom. The van der Waals surface area contributed by atoms with Crippen molar-refractivity contribution in [1.82, 2.24) is 9.80 Å². The summed E-state index contributed by atoms with van der Waals surface area (Å²) in [6.07, 6.45) is 0.751. The van der Waals surface area contributed by atoms with Crippen LogP contribution < -0.4 is 5.32 Å². The Balaban J connectivity index is 1.61. The van der Waals surface area contributed by atoms with Gasteiger partial charge in [-0.1, -0.05) is 35.4 Å². The molecule has 0 aromatic heterocycles. The van der Waals surface area contributed by atoms with Gasteiger partial charge in [0.25, 0.3) is 5.91 Å². The van der Waals surface area contributed by atoms with Crippen molar-refractivity contribution in [2.45, 2.75) is 13.3 Å². The summed E-state index contributed by atoms with van der Waals surface area (Å²) in [4.78, 5) is 28.8. The lowest BCUT2D eigenvalue weighted by atomic mass is 10.1. The highest BCUT2D eigenvalue weighted by molar-refractivity contribution is 6.30. The summed E-state index contributed by atoms with van der Waals surface area (Å²) < 4.78 is 0. The highest BCUT2D eigenvalue weighted by Gasteiger charge is 2.23. The van der Waals surface area contributed by atoms with E-state index in [-0.39, 0.29) is 11.9 Å². The largest absolute Gasteiger partial charge is 0.337 e. The molecule has 0 atom stereocenters. The number of carbonyl (C=O) groups is 2. The summed E-state index contributed by atoms with van der Waals surface area (Å²) in [5.41, 5.74) is 2.43. The lowest BCUT2D eigenvalue weighted by Gasteiger charge is -2.22. The van der Waals surface area contributed by atoms with Crippen molar-refractivity contribution in [2.24, 2.45) is 0 Å². The zero-order valence-corrected chi connectivity index (χ0v) is 15.5. The van der Waals surface area contributed by atoms with Crippen molar-refractivity contribution < 1.29 is 9.59 Å². The monoisotopic (exact) mass is 371 g/mol. The van der Waals surface area contributed by atoms with Crippen LogP contribution in [0.1, 0.15) is 22.3 Å². The molecule has 0 saturated carbocycles. The third-order valence-electron chi connectivity index (χ3n) is 4.41. The predicted octanol–water partition coefficient (Wildman–Crippen LogP) is 4.03. The molecule has 1 aliphatic heterocycles. The second-order valence-electron chi connectivity index (χ2n) is 6.44. The third kappa shape index (κ3) is 4.55. The van der Waals surface area contributed by atoms with Crippen LogP contribution in [0, 0.1) is 6.92 Å². The van der Waals surface area contributed by atoms with Crippen LogP contribution in [0.15, 0.2) is 48.5 Å². The standard InChI is InChI=1S/C20H22ClN3O2/c1-15-5-2-6-16(13-15)19(25)23-9-4-10-24(12-11-23)20(26)22-18-8-3-7-17(21)14-18/h2-3,5-8,13-14H,4,9-12H2,1H3,(H,22,26). The van der Waals surface area contributed by atoms with Gasteiger partial charge in [0.05, 0.1) is 0 Å². The Hall–Kier alpha value is -2.53. The molecule has 0 bridgehead atoms. The molecule has 0 radical (unpaired) electrons. The molecule has 0 spiro atoms. The van der Waals surface area contributed by atoms with E-state index in [9.17, 15) is 9.59 Å². The first-order chi connectivity index (χ1) is 12.5. The molecule has 0 aliphatic carbocycles. The number of urea groups is 1. The molecule has 26 heavy (non-hydrogen) atoms. The van der Waals surface area contributed by atoms with E-state index in [0.29, 0.717) is 42.5 Å². The Bertz CT molecular complexity index is 809. The number of aryl methyl sites for hydroxylation is 1. The molecule has 2 aromatic rings. The molecule has 136 valence electrons. The lowest BCUT2D eigenvalue weighted by Crippen LogP contribution is -2.39. The number of hydrogen-bond donors (Lipinski definition) is 1. The van der Waals surface area contributed by atoms with Crippen molar-refractivity contribution in [3.05, 3.63) is 64.7 Å². The number of amides is 3. The molecule has 1 fully saturated rings. The van der Waals surface area contributed by atoms with Crippen LogP contribution >= 0.6 is 11.6 Å². The molecule has 1 heterocycles. The van der Waals surface area contributed by atoms with Crippen molar-refractivity contribution in [3.8, 4) is 0 Å². The summed E-state index contributed by atoms with van der Waals surface area (Å²) in [5, 5.41) is 3.44. The molecule has 3 rings (SSSR count). The smallest absolute Gasteiger partial charge is 0.321 e. The van der Waals surface area contributed by atoms with Crippen LogP contribution in [0.3, 0.4) is 0 Å². The Kier molecular flexibility index (Phi) is 5.78. The van der Waals surface area contributed by atoms with Crippen LogP contribution in [0.5, 0.6) is 0 Å². The van der Waals surface area contributed by atoms with Crippen molar-refractivity contribution in [2.75, 3.05) is 31.5 Å². The molecular formula is C20H22ClN3O2. The summed E-state index contributed by atoms with van der Waals surface area (Å²) >= 11 is 5.95. The van der Waals surface area contributed by atoms with E-state index in [0.717, 1.165) is 12.0 Å². The SMILES string of the molecule is Cc1cccc(C(=O)N2CCCN(C(=O)Nc3cccc(Cl)c3)CC2)c1. The van der Waals surface area contributed by atoms with Crippen molar-refractivity contribution in [3.63, 3.8) is 0 Å². The molecule has 5 nitrogen and oxygen atoms in total. The number of nitrogens with one attached hydrogen (secondary N) is 1. The summed E-state index contributed by atoms with van der Waals surface area (Å²) in [7, 11) is 0. The molecule has 3 amide bonds. The normalized spacial score (nSPS) is 14.7. The number of benzene rings is 2. The molecular weight excluding hydrogens is 350 g/mol. The van der Waals surface area contributed by atoms with Crippen LogP contribution in [-0.4, -0.2) is 47.9 Å². The highest BCUT2D eigenvalue weighted by Crippen LogP contribution is 2.16. The first kappa shape index (κ1) is 18.3. The minimum Gasteiger partial charge on any atom is -0.337 e. The molecule has 2 aromatic carbocycles. The topological polar surface area (TPSA) is 52.7 Å². The number of hydrogen-bond acceptors (Lipinski definition) is 2. The molecule has 1 N–H and O–H groups in total. The molecule has 0 unspecified atom stereocenters. The number of rotatable bonds is 2. The van der Waals surface area contributed by atoms with Crippen LogP contribution in [-0.2, 0) is 0 Å². The molecule has 1 saturated heterocycles. The maximum absolute atomic E-state index is 12.7. The first-order valence-electron chi connectivity index (χ1n) is 8.70.